The molecule has 0 fully saturated rings. The van der Waals surface area contributed by atoms with Crippen LogP contribution in [0, 0.1) is 0 Å². The van der Waals surface area contributed by atoms with Crippen LogP contribution in [0.3, 0.4) is 0 Å². The standard InChI is InChI=1S/C32H39NO6/c1-8-19(4)39-32(35)29-20(5)33-24-15-22(21-13-14-27(36-6)28(17-21)37-7)16-25(34)31(24)30(29)23-11-9-10-12-26(23)38-18(2)3/h9-14,17-19,22,30,33H,8,15-16H2,1-7H3/t19-,22+,30+/m1/s1. The zero-order valence-corrected chi connectivity index (χ0v) is 23.9. The highest BCUT2D eigenvalue weighted by Gasteiger charge is 2.42. The lowest BCUT2D eigenvalue weighted by Crippen LogP contribution is -2.36. The Morgan fingerprint density at radius 1 is 1.00 bits per heavy atom. The summed E-state index contributed by atoms with van der Waals surface area (Å²) in [7, 11) is 3.21. The first kappa shape index (κ1) is 28.3. The first-order valence-corrected chi connectivity index (χ1v) is 13.6. The fourth-order valence-corrected chi connectivity index (χ4v) is 5.37. The minimum Gasteiger partial charge on any atom is -0.493 e. The minimum absolute atomic E-state index is 0.00535. The van der Waals surface area contributed by atoms with Crippen LogP contribution in [0.1, 0.15) is 76.8 Å². The van der Waals surface area contributed by atoms with Crippen molar-refractivity contribution in [3.63, 3.8) is 0 Å². The second kappa shape index (κ2) is 12.0. The summed E-state index contributed by atoms with van der Waals surface area (Å²) in [6.45, 7) is 9.64. The van der Waals surface area contributed by atoms with Gasteiger partial charge in [-0.1, -0.05) is 31.2 Å². The third-order valence-corrected chi connectivity index (χ3v) is 7.40. The Bertz CT molecular complexity index is 1310. The molecule has 1 aliphatic heterocycles. The molecule has 1 aliphatic carbocycles. The van der Waals surface area contributed by atoms with Crippen molar-refractivity contribution in [3.05, 3.63) is 76.1 Å². The number of ketones is 1. The summed E-state index contributed by atoms with van der Waals surface area (Å²) < 4.78 is 22.9. The molecule has 39 heavy (non-hydrogen) atoms. The van der Waals surface area contributed by atoms with Gasteiger partial charge < -0.3 is 24.3 Å². The van der Waals surface area contributed by atoms with Crippen LogP contribution < -0.4 is 19.5 Å². The maximum absolute atomic E-state index is 14.0. The lowest BCUT2D eigenvalue weighted by molar-refractivity contribution is -0.144. The molecule has 0 bridgehead atoms. The largest absolute Gasteiger partial charge is 0.493 e. The predicted molar refractivity (Wildman–Crippen MR) is 150 cm³/mol. The Kier molecular flexibility index (Phi) is 8.68. The van der Waals surface area contributed by atoms with Gasteiger partial charge in [0.25, 0.3) is 0 Å². The van der Waals surface area contributed by atoms with Crippen molar-refractivity contribution in [2.24, 2.45) is 0 Å². The van der Waals surface area contributed by atoms with Crippen LogP contribution in [-0.4, -0.2) is 38.2 Å². The maximum Gasteiger partial charge on any atom is 0.337 e. The van der Waals surface area contributed by atoms with Crippen LogP contribution in [0.4, 0.5) is 0 Å². The molecule has 0 amide bonds. The average molecular weight is 534 g/mol. The summed E-state index contributed by atoms with van der Waals surface area (Å²) in [5, 5.41) is 3.42. The van der Waals surface area contributed by atoms with Crippen LogP contribution in [0.15, 0.2) is 65.0 Å². The first-order valence-electron chi connectivity index (χ1n) is 13.6. The SMILES string of the molecule is CC[C@@H](C)OC(=O)C1=C(C)NC2=C(C(=O)C[C@@H](c3ccc(OC)c(OC)c3)C2)[C@H]1c1ccccc1OC(C)C. The quantitative estimate of drug-likeness (QED) is 0.385. The molecule has 2 aliphatic rings. The highest BCUT2D eigenvalue weighted by molar-refractivity contribution is 6.04. The highest BCUT2D eigenvalue weighted by atomic mass is 16.5. The second-order valence-electron chi connectivity index (χ2n) is 10.5. The molecule has 3 atom stereocenters. The molecule has 1 heterocycles. The number of ether oxygens (including phenoxy) is 4. The van der Waals surface area contributed by atoms with Crippen LogP contribution >= 0.6 is 0 Å². The van der Waals surface area contributed by atoms with E-state index in [1.807, 2.05) is 77.1 Å². The number of para-hydroxylation sites is 1. The van der Waals surface area contributed by atoms with E-state index in [4.69, 9.17) is 18.9 Å². The molecule has 7 heteroatoms. The van der Waals surface area contributed by atoms with Crippen molar-refractivity contribution in [1.29, 1.82) is 0 Å². The van der Waals surface area contributed by atoms with E-state index < -0.39 is 11.9 Å². The third kappa shape index (κ3) is 5.82. The van der Waals surface area contributed by atoms with Gasteiger partial charge in [0.15, 0.2) is 17.3 Å². The zero-order valence-electron chi connectivity index (χ0n) is 23.9. The summed E-state index contributed by atoms with van der Waals surface area (Å²) in [4.78, 5) is 27.6. The average Bonchev–Trinajstić information content (AvgIpc) is 2.91. The molecule has 2 aromatic rings. The molecule has 0 radical (unpaired) electrons. The third-order valence-electron chi connectivity index (χ3n) is 7.40. The van der Waals surface area contributed by atoms with Gasteiger partial charge >= 0.3 is 5.97 Å². The summed E-state index contributed by atoms with van der Waals surface area (Å²) in [5.74, 6) is 0.864. The Balaban J connectivity index is 1.81. The molecular formula is C32H39NO6. The highest BCUT2D eigenvalue weighted by Crippen LogP contribution is 2.48. The maximum atomic E-state index is 14.0. The van der Waals surface area contributed by atoms with E-state index in [9.17, 15) is 9.59 Å². The van der Waals surface area contributed by atoms with E-state index in [2.05, 4.69) is 5.32 Å². The number of nitrogens with one attached hydrogen (secondary N) is 1. The van der Waals surface area contributed by atoms with Gasteiger partial charge in [-0.05, 0) is 70.2 Å². The second-order valence-corrected chi connectivity index (χ2v) is 10.5. The monoisotopic (exact) mass is 533 g/mol. The van der Waals surface area contributed by atoms with Crippen LogP contribution in [0.25, 0.3) is 0 Å². The number of benzene rings is 2. The number of esters is 1. The molecule has 0 aromatic heterocycles. The number of rotatable bonds is 9. The number of allylic oxidation sites excluding steroid dienone is 3. The van der Waals surface area contributed by atoms with Gasteiger partial charge in [0, 0.05) is 29.0 Å². The van der Waals surface area contributed by atoms with Gasteiger partial charge in [-0.2, -0.15) is 0 Å². The van der Waals surface area contributed by atoms with Crippen molar-refractivity contribution in [2.75, 3.05) is 14.2 Å². The smallest absolute Gasteiger partial charge is 0.337 e. The Hall–Kier alpha value is -3.74. The van der Waals surface area contributed by atoms with E-state index in [0.717, 1.165) is 16.8 Å². The Morgan fingerprint density at radius 3 is 2.38 bits per heavy atom. The number of hydrogen-bond acceptors (Lipinski definition) is 7. The molecule has 0 unspecified atom stereocenters. The van der Waals surface area contributed by atoms with Crippen LogP contribution in [0.5, 0.6) is 17.2 Å². The van der Waals surface area contributed by atoms with E-state index >= 15 is 0 Å². The van der Waals surface area contributed by atoms with E-state index in [-0.39, 0.29) is 23.9 Å². The molecule has 1 N–H and O–H groups in total. The Labute approximate surface area is 231 Å². The number of methoxy groups -OCH3 is 2. The van der Waals surface area contributed by atoms with E-state index in [1.165, 1.54) is 0 Å². The van der Waals surface area contributed by atoms with Crippen molar-refractivity contribution >= 4 is 11.8 Å². The van der Waals surface area contributed by atoms with Crippen molar-refractivity contribution in [3.8, 4) is 17.2 Å². The van der Waals surface area contributed by atoms with Gasteiger partial charge in [-0.25, -0.2) is 4.79 Å². The summed E-state index contributed by atoms with van der Waals surface area (Å²) >= 11 is 0. The topological polar surface area (TPSA) is 83.1 Å². The lowest BCUT2D eigenvalue weighted by atomic mass is 9.71. The molecule has 0 saturated carbocycles. The van der Waals surface area contributed by atoms with Crippen LogP contribution in [0.2, 0.25) is 0 Å². The normalized spacial score (nSPS) is 19.8. The van der Waals surface area contributed by atoms with Gasteiger partial charge in [0.2, 0.25) is 0 Å². The summed E-state index contributed by atoms with van der Waals surface area (Å²) in [6.07, 6.45) is 1.31. The number of hydrogen-bond donors (Lipinski definition) is 1. The van der Waals surface area contributed by atoms with E-state index in [0.29, 0.717) is 53.4 Å². The Morgan fingerprint density at radius 2 is 1.72 bits per heavy atom. The lowest BCUT2D eigenvalue weighted by Gasteiger charge is -2.37. The van der Waals surface area contributed by atoms with Gasteiger partial charge in [0.05, 0.1) is 37.9 Å². The molecule has 7 nitrogen and oxygen atoms in total. The molecule has 4 rings (SSSR count). The van der Waals surface area contributed by atoms with Gasteiger partial charge in [0.1, 0.15) is 5.75 Å². The van der Waals surface area contributed by atoms with Crippen molar-refractivity contribution in [2.45, 2.75) is 77.9 Å². The fourth-order valence-electron chi connectivity index (χ4n) is 5.37. The summed E-state index contributed by atoms with van der Waals surface area (Å²) in [5.41, 5.74) is 4.35. The fraction of sp³-hybridized carbons (Fsp3) is 0.438. The molecule has 2 aromatic carbocycles. The molecule has 208 valence electrons. The number of carbonyl (C=O) groups is 2. The van der Waals surface area contributed by atoms with Crippen molar-refractivity contribution in [1.82, 2.24) is 5.32 Å². The van der Waals surface area contributed by atoms with Gasteiger partial charge in [-0.3, -0.25) is 4.79 Å². The van der Waals surface area contributed by atoms with Crippen LogP contribution in [-0.2, 0) is 14.3 Å². The zero-order chi connectivity index (χ0) is 28.3. The number of carbonyl (C=O) groups excluding carboxylic acids is 2. The number of dihydropyridines is 1. The molecular weight excluding hydrogens is 494 g/mol. The van der Waals surface area contributed by atoms with E-state index in [1.54, 1.807) is 14.2 Å². The molecule has 0 saturated heterocycles. The predicted octanol–water partition coefficient (Wildman–Crippen LogP) is 6.19. The minimum atomic E-state index is -0.591. The summed E-state index contributed by atoms with van der Waals surface area (Å²) in [6, 6.07) is 13.4. The van der Waals surface area contributed by atoms with Gasteiger partial charge in [-0.15, -0.1) is 0 Å². The first-order chi connectivity index (χ1) is 18.7. The molecule has 0 spiro atoms. The van der Waals surface area contributed by atoms with Crippen molar-refractivity contribution < 1.29 is 28.5 Å². The number of Topliss-reactive ketones (excluding diaryl/α,β-unsaturated/α-hetero) is 1.